The van der Waals surface area contributed by atoms with Crippen LogP contribution in [0.15, 0.2) is 0 Å². The maximum atomic E-state index is 11.5. The molecule has 0 spiro atoms. The Morgan fingerprint density at radius 3 is 2.35 bits per heavy atom. The van der Waals surface area contributed by atoms with Crippen LogP contribution < -0.4 is 11.1 Å². The highest BCUT2D eigenvalue weighted by Gasteiger charge is 2.33. The van der Waals surface area contributed by atoms with Gasteiger partial charge in [-0.2, -0.15) is 0 Å². The number of aliphatic carboxylic acids is 1. The lowest BCUT2D eigenvalue weighted by atomic mass is 10.1. The van der Waals surface area contributed by atoms with Crippen molar-refractivity contribution in [3.8, 4) is 0 Å². The van der Waals surface area contributed by atoms with Gasteiger partial charge in [0.05, 0.1) is 5.75 Å². The van der Waals surface area contributed by atoms with E-state index in [0.717, 1.165) is 0 Å². The lowest BCUT2D eigenvalue weighted by molar-refractivity contribution is -0.139. The second-order valence-electron chi connectivity index (χ2n) is 4.91. The van der Waals surface area contributed by atoms with Crippen LogP contribution in [-0.2, 0) is 9.59 Å². The number of amides is 1. The van der Waals surface area contributed by atoms with E-state index in [4.69, 9.17) is 10.8 Å². The molecule has 6 heteroatoms. The van der Waals surface area contributed by atoms with Crippen LogP contribution in [0.1, 0.15) is 27.7 Å². The Labute approximate surface area is 107 Å². The lowest BCUT2D eigenvalue weighted by Gasteiger charge is -2.27. The Balaban J connectivity index is 4.09. The summed E-state index contributed by atoms with van der Waals surface area (Å²) in [7, 11) is 0. The van der Waals surface area contributed by atoms with Crippen molar-refractivity contribution in [1.82, 2.24) is 5.32 Å². The zero-order valence-corrected chi connectivity index (χ0v) is 11.6. The summed E-state index contributed by atoms with van der Waals surface area (Å²) in [6.45, 7) is 8.11. The van der Waals surface area contributed by atoms with E-state index >= 15 is 0 Å². The van der Waals surface area contributed by atoms with E-state index in [0.29, 0.717) is 12.5 Å². The van der Waals surface area contributed by atoms with E-state index in [2.05, 4.69) is 5.32 Å². The highest BCUT2D eigenvalue weighted by Crippen LogP contribution is 2.27. The number of carboxylic acid groups (broad SMARTS) is 1. The minimum absolute atomic E-state index is 0.0886. The number of hydrogen-bond acceptors (Lipinski definition) is 4. The van der Waals surface area contributed by atoms with E-state index in [1.807, 2.05) is 13.8 Å². The third-order valence-electron chi connectivity index (χ3n) is 2.30. The summed E-state index contributed by atoms with van der Waals surface area (Å²) in [6.07, 6.45) is 0. The van der Waals surface area contributed by atoms with Gasteiger partial charge in [0, 0.05) is 11.3 Å². The van der Waals surface area contributed by atoms with Crippen LogP contribution in [0.4, 0.5) is 0 Å². The Kier molecular flexibility index (Phi) is 6.56. The number of thioether (sulfide) groups is 1. The summed E-state index contributed by atoms with van der Waals surface area (Å²) in [6, 6.07) is -0.981. The fraction of sp³-hybridized carbons (Fsp3) is 0.818. The van der Waals surface area contributed by atoms with E-state index in [-0.39, 0.29) is 11.7 Å². The highest BCUT2D eigenvalue weighted by atomic mass is 32.2. The Morgan fingerprint density at radius 1 is 1.41 bits per heavy atom. The van der Waals surface area contributed by atoms with Gasteiger partial charge in [-0.05, 0) is 19.8 Å². The molecule has 5 nitrogen and oxygen atoms in total. The molecule has 0 aromatic carbocycles. The molecule has 0 bridgehead atoms. The molecule has 0 aromatic rings. The second kappa shape index (κ2) is 6.86. The standard InChI is InChI=1S/C11H22N2O3S/c1-7(2)5-13-8(14)6-17-11(3,4)9(12)10(15)16/h7,9H,5-6,12H2,1-4H3,(H,13,14)(H,15,16)/t9-/m1/s1. The summed E-state index contributed by atoms with van der Waals surface area (Å²) in [4.78, 5) is 22.2. The molecule has 0 saturated carbocycles. The number of carboxylic acids is 1. The molecule has 4 N–H and O–H groups in total. The fourth-order valence-electron chi connectivity index (χ4n) is 1.01. The predicted octanol–water partition coefficient (Wildman–Crippen LogP) is 0.682. The van der Waals surface area contributed by atoms with Crippen molar-refractivity contribution in [2.45, 2.75) is 38.5 Å². The largest absolute Gasteiger partial charge is 0.480 e. The molecule has 1 atom stereocenters. The molecule has 0 unspecified atom stereocenters. The van der Waals surface area contributed by atoms with Gasteiger partial charge in [0.15, 0.2) is 0 Å². The third-order valence-corrected chi connectivity index (χ3v) is 3.70. The molecule has 100 valence electrons. The van der Waals surface area contributed by atoms with Gasteiger partial charge in [-0.1, -0.05) is 13.8 Å². The van der Waals surface area contributed by atoms with Gasteiger partial charge in [0.25, 0.3) is 0 Å². The molecule has 0 rings (SSSR count). The van der Waals surface area contributed by atoms with Crippen LogP contribution in [0.3, 0.4) is 0 Å². The van der Waals surface area contributed by atoms with Gasteiger partial charge in [-0.3, -0.25) is 9.59 Å². The second-order valence-corrected chi connectivity index (χ2v) is 6.54. The van der Waals surface area contributed by atoms with Crippen molar-refractivity contribution < 1.29 is 14.7 Å². The molecule has 0 saturated heterocycles. The Hall–Kier alpha value is -0.750. The molecule has 0 heterocycles. The highest BCUT2D eigenvalue weighted by molar-refractivity contribution is 8.01. The van der Waals surface area contributed by atoms with Crippen molar-refractivity contribution in [2.24, 2.45) is 11.7 Å². The number of nitrogens with two attached hydrogens (primary N) is 1. The van der Waals surface area contributed by atoms with Gasteiger partial charge in [-0.25, -0.2) is 0 Å². The normalized spacial score (nSPS) is 13.5. The average Bonchev–Trinajstić information content (AvgIpc) is 2.22. The van der Waals surface area contributed by atoms with Crippen LogP contribution in [0.25, 0.3) is 0 Å². The molecular weight excluding hydrogens is 240 g/mol. The van der Waals surface area contributed by atoms with Crippen LogP contribution >= 0.6 is 11.8 Å². The SMILES string of the molecule is CC(C)CNC(=O)CSC(C)(C)[C@H](N)C(=O)O. The Morgan fingerprint density at radius 2 is 1.94 bits per heavy atom. The van der Waals surface area contributed by atoms with Gasteiger partial charge in [0.1, 0.15) is 6.04 Å². The molecule has 1 amide bonds. The van der Waals surface area contributed by atoms with E-state index in [1.54, 1.807) is 13.8 Å². The van der Waals surface area contributed by atoms with Gasteiger partial charge in [-0.15, -0.1) is 11.8 Å². The summed E-state index contributed by atoms with van der Waals surface area (Å²) in [5.41, 5.74) is 5.55. The summed E-state index contributed by atoms with van der Waals surface area (Å²) in [5, 5.41) is 11.6. The Bertz CT molecular complexity index is 280. The first-order valence-corrected chi connectivity index (χ1v) is 6.54. The fourth-order valence-corrected chi connectivity index (χ4v) is 1.89. The van der Waals surface area contributed by atoms with Crippen LogP contribution in [-0.4, -0.2) is 40.1 Å². The van der Waals surface area contributed by atoms with Gasteiger partial charge >= 0.3 is 5.97 Å². The van der Waals surface area contributed by atoms with Crippen LogP contribution in [0.2, 0.25) is 0 Å². The predicted molar refractivity (Wildman–Crippen MR) is 70.0 cm³/mol. The summed E-state index contributed by atoms with van der Waals surface area (Å²) >= 11 is 1.26. The topological polar surface area (TPSA) is 92.4 Å². The van der Waals surface area contributed by atoms with Crippen molar-refractivity contribution in [2.75, 3.05) is 12.3 Å². The third kappa shape index (κ3) is 6.53. The smallest absolute Gasteiger partial charge is 0.321 e. The van der Waals surface area contributed by atoms with Crippen molar-refractivity contribution in [3.05, 3.63) is 0 Å². The minimum Gasteiger partial charge on any atom is -0.480 e. The first-order valence-electron chi connectivity index (χ1n) is 5.56. The number of carbonyl (C=O) groups is 2. The minimum atomic E-state index is -1.05. The summed E-state index contributed by atoms with van der Waals surface area (Å²) < 4.78 is -0.666. The zero-order chi connectivity index (χ0) is 13.6. The summed E-state index contributed by atoms with van der Waals surface area (Å²) in [5.74, 6) is -0.515. The molecule has 0 aromatic heterocycles. The van der Waals surface area contributed by atoms with Crippen LogP contribution in [0.5, 0.6) is 0 Å². The van der Waals surface area contributed by atoms with Crippen LogP contribution in [0, 0.1) is 5.92 Å². The number of rotatable bonds is 7. The maximum absolute atomic E-state index is 11.5. The number of carbonyl (C=O) groups excluding carboxylic acids is 1. The van der Waals surface area contributed by atoms with Crippen molar-refractivity contribution in [3.63, 3.8) is 0 Å². The average molecular weight is 262 g/mol. The number of hydrogen-bond donors (Lipinski definition) is 3. The van der Waals surface area contributed by atoms with Crippen molar-refractivity contribution >= 4 is 23.6 Å². The molecular formula is C11H22N2O3S. The number of nitrogens with one attached hydrogen (secondary N) is 1. The van der Waals surface area contributed by atoms with E-state index < -0.39 is 16.8 Å². The molecule has 0 fully saturated rings. The molecule has 0 aliphatic heterocycles. The molecule has 0 aliphatic rings. The quantitative estimate of drug-likeness (QED) is 0.627. The van der Waals surface area contributed by atoms with E-state index in [1.165, 1.54) is 11.8 Å². The lowest BCUT2D eigenvalue weighted by Crippen LogP contribution is -2.47. The van der Waals surface area contributed by atoms with Crippen molar-refractivity contribution in [1.29, 1.82) is 0 Å². The monoisotopic (exact) mass is 262 g/mol. The first kappa shape index (κ1) is 16.2. The molecule has 0 radical (unpaired) electrons. The van der Waals surface area contributed by atoms with Gasteiger partial charge in [0.2, 0.25) is 5.91 Å². The zero-order valence-electron chi connectivity index (χ0n) is 10.8. The van der Waals surface area contributed by atoms with Gasteiger partial charge < -0.3 is 16.2 Å². The molecule has 0 aliphatic carbocycles. The van der Waals surface area contributed by atoms with E-state index in [9.17, 15) is 9.59 Å². The molecule has 17 heavy (non-hydrogen) atoms. The first-order chi connectivity index (χ1) is 7.66. The maximum Gasteiger partial charge on any atom is 0.321 e.